The second-order valence-corrected chi connectivity index (χ2v) is 4.46. The summed E-state index contributed by atoms with van der Waals surface area (Å²) in [5, 5.41) is 0. The van der Waals surface area contributed by atoms with Crippen LogP contribution in [-0.2, 0) is 11.2 Å². The molecule has 0 amide bonds. The summed E-state index contributed by atoms with van der Waals surface area (Å²) in [4.78, 5) is 23.6. The molecule has 0 saturated heterocycles. The van der Waals surface area contributed by atoms with E-state index in [1.165, 1.54) is 5.56 Å². The van der Waals surface area contributed by atoms with Crippen molar-refractivity contribution in [2.24, 2.45) is 0 Å². The predicted molar refractivity (Wildman–Crippen MR) is 75.2 cm³/mol. The molecule has 96 valence electrons. The SMILES string of the molecule is O=C(CCCc1ccccc1)C(=O)c1ccccc1. The zero-order valence-corrected chi connectivity index (χ0v) is 10.7. The van der Waals surface area contributed by atoms with Crippen LogP contribution in [0, 0.1) is 0 Å². The molecular formula is C17H16O2. The van der Waals surface area contributed by atoms with Crippen molar-refractivity contribution in [1.82, 2.24) is 0 Å². The molecule has 2 aromatic rings. The summed E-state index contributed by atoms with van der Waals surface area (Å²) < 4.78 is 0. The summed E-state index contributed by atoms with van der Waals surface area (Å²) in [6, 6.07) is 18.7. The van der Waals surface area contributed by atoms with Crippen LogP contribution < -0.4 is 0 Å². The lowest BCUT2D eigenvalue weighted by Gasteiger charge is -2.01. The van der Waals surface area contributed by atoms with Gasteiger partial charge in [0, 0.05) is 12.0 Å². The third kappa shape index (κ3) is 3.88. The zero-order chi connectivity index (χ0) is 13.5. The molecule has 0 saturated carbocycles. The van der Waals surface area contributed by atoms with Crippen LogP contribution in [0.4, 0.5) is 0 Å². The summed E-state index contributed by atoms with van der Waals surface area (Å²) in [5.41, 5.74) is 1.68. The molecule has 0 unspecified atom stereocenters. The molecular weight excluding hydrogens is 236 g/mol. The molecule has 0 bridgehead atoms. The van der Waals surface area contributed by atoms with Gasteiger partial charge in [0.05, 0.1) is 0 Å². The van der Waals surface area contributed by atoms with E-state index in [1.54, 1.807) is 24.3 Å². The highest BCUT2D eigenvalue weighted by Crippen LogP contribution is 2.08. The first kappa shape index (κ1) is 13.2. The number of hydrogen-bond donors (Lipinski definition) is 0. The Hall–Kier alpha value is -2.22. The van der Waals surface area contributed by atoms with E-state index in [-0.39, 0.29) is 11.6 Å². The number of carbonyl (C=O) groups excluding carboxylic acids is 2. The predicted octanol–water partition coefficient (Wildman–Crippen LogP) is 3.46. The highest BCUT2D eigenvalue weighted by atomic mass is 16.2. The quantitative estimate of drug-likeness (QED) is 0.583. The van der Waals surface area contributed by atoms with Crippen molar-refractivity contribution < 1.29 is 9.59 Å². The van der Waals surface area contributed by atoms with Gasteiger partial charge in [0.1, 0.15) is 0 Å². The van der Waals surface area contributed by atoms with Gasteiger partial charge in [0.25, 0.3) is 0 Å². The molecule has 0 aliphatic carbocycles. The van der Waals surface area contributed by atoms with Gasteiger partial charge in [-0.1, -0.05) is 60.7 Å². The first-order valence-electron chi connectivity index (χ1n) is 6.44. The Bertz CT molecular complexity index is 544. The fourth-order valence-electron chi connectivity index (χ4n) is 1.96. The van der Waals surface area contributed by atoms with Crippen LogP contribution in [0.2, 0.25) is 0 Å². The smallest absolute Gasteiger partial charge is 0.228 e. The maximum absolute atomic E-state index is 11.8. The van der Waals surface area contributed by atoms with Gasteiger partial charge in [-0.05, 0) is 18.4 Å². The van der Waals surface area contributed by atoms with Crippen molar-refractivity contribution in [2.45, 2.75) is 19.3 Å². The van der Waals surface area contributed by atoms with E-state index >= 15 is 0 Å². The van der Waals surface area contributed by atoms with Crippen molar-refractivity contribution in [1.29, 1.82) is 0 Å². The summed E-state index contributed by atoms with van der Waals surface area (Å²) >= 11 is 0. The Morgan fingerprint density at radius 2 is 1.37 bits per heavy atom. The Kier molecular flexibility index (Phi) is 4.62. The molecule has 0 aliphatic rings. The summed E-state index contributed by atoms with van der Waals surface area (Å²) in [5.74, 6) is -0.684. The Morgan fingerprint density at radius 1 is 0.789 bits per heavy atom. The van der Waals surface area contributed by atoms with Gasteiger partial charge < -0.3 is 0 Å². The van der Waals surface area contributed by atoms with E-state index in [2.05, 4.69) is 0 Å². The zero-order valence-electron chi connectivity index (χ0n) is 10.7. The molecule has 0 spiro atoms. The maximum atomic E-state index is 11.8. The molecule has 2 heteroatoms. The molecule has 2 aromatic carbocycles. The summed E-state index contributed by atoms with van der Waals surface area (Å²) in [7, 11) is 0. The third-order valence-corrected chi connectivity index (χ3v) is 3.00. The van der Waals surface area contributed by atoms with E-state index in [4.69, 9.17) is 0 Å². The Morgan fingerprint density at radius 3 is 2.00 bits per heavy atom. The van der Waals surface area contributed by atoms with E-state index in [0.717, 1.165) is 6.42 Å². The molecule has 0 N–H and O–H groups in total. The van der Waals surface area contributed by atoms with E-state index in [9.17, 15) is 9.59 Å². The Balaban J connectivity index is 1.84. The van der Waals surface area contributed by atoms with Crippen molar-refractivity contribution in [3.63, 3.8) is 0 Å². The maximum Gasteiger partial charge on any atom is 0.228 e. The average Bonchev–Trinajstić information content (AvgIpc) is 2.48. The molecule has 19 heavy (non-hydrogen) atoms. The normalized spacial score (nSPS) is 10.1. The molecule has 0 radical (unpaired) electrons. The van der Waals surface area contributed by atoms with Crippen molar-refractivity contribution in [3.05, 3.63) is 71.8 Å². The molecule has 2 rings (SSSR count). The molecule has 2 nitrogen and oxygen atoms in total. The van der Waals surface area contributed by atoms with Gasteiger partial charge in [-0.3, -0.25) is 9.59 Å². The van der Waals surface area contributed by atoms with Crippen LogP contribution >= 0.6 is 0 Å². The number of benzene rings is 2. The lowest BCUT2D eigenvalue weighted by Crippen LogP contribution is -2.14. The second kappa shape index (κ2) is 6.64. The second-order valence-electron chi connectivity index (χ2n) is 4.46. The van der Waals surface area contributed by atoms with Crippen LogP contribution in [0.25, 0.3) is 0 Å². The summed E-state index contributed by atoms with van der Waals surface area (Å²) in [6.45, 7) is 0. The van der Waals surface area contributed by atoms with Crippen molar-refractivity contribution in [2.75, 3.05) is 0 Å². The van der Waals surface area contributed by atoms with Gasteiger partial charge in [0.2, 0.25) is 11.6 Å². The van der Waals surface area contributed by atoms with Gasteiger partial charge in [-0.15, -0.1) is 0 Å². The first-order valence-corrected chi connectivity index (χ1v) is 6.44. The monoisotopic (exact) mass is 252 g/mol. The van der Waals surface area contributed by atoms with Crippen LogP contribution in [0.1, 0.15) is 28.8 Å². The van der Waals surface area contributed by atoms with E-state index < -0.39 is 0 Å². The average molecular weight is 252 g/mol. The summed E-state index contributed by atoms with van der Waals surface area (Å²) in [6.07, 6.45) is 1.85. The molecule has 0 aliphatic heterocycles. The number of aryl methyl sites for hydroxylation is 1. The minimum atomic E-state index is -0.381. The number of ketones is 2. The number of carbonyl (C=O) groups is 2. The third-order valence-electron chi connectivity index (χ3n) is 3.00. The standard InChI is InChI=1S/C17H16O2/c18-16(17(19)15-11-5-2-6-12-15)13-7-10-14-8-3-1-4-9-14/h1-6,8-9,11-12H,7,10,13H2. The van der Waals surface area contributed by atoms with Gasteiger partial charge in [-0.25, -0.2) is 0 Å². The molecule has 0 heterocycles. The lowest BCUT2D eigenvalue weighted by molar-refractivity contribution is -0.115. The minimum absolute atomic E-state index is 0.304. The van der Waals surface area contributed by atoms with Crippen molar-refractivity contribution >= 4 is 11.6 Å². The number of hydrogen-bond acceptors (Lipinski definition) is 2. The van der Waals surface area contributed by atoms with Crippen LogP contribution in [0.15, 0.2) is 60.7 Å². The first-order chi connectivity index (χ1) is 9.27. The fourth-order valence-corrected chi connectivity index (χ4v) is 1.96. The van der Waals surface area contributed by atoms with Gasteiger partial charge in [-0.2, -0.15) is 0 Å². The molecule has 0 atom stereocenters. The van der Waals surface area contributed by atoms with E-state index in [0.29, 0.717) is 18.4 Å². The minimum Gasteiger partial charge on any atom is -0.290 e. The highest BCUT2D eigenvalue weighted by molar-refractivity contribution is 6.43. The van der Waals surface area contributed by atoms with Gasteiger partial charge in [0.15, 0.2) is 0 Å². The molecule has 0 aromatic heterocycles. The fraction of sp³-hybridized carbons (Fsp3) is 0.176. The van der Waals surface area contributed by atoms with Gasteiger partial charge >= 0.3 is 0 Å². The van der Waals surface area contributed by atoms with Crippen molar-refractivity contribution in [3.8, 4) is 0 Å². The molecule has 0 fully saturated rings. The lowest BCUT2D eigenvalue weighted by atomic mass is 10.0. The highest BCUT2D eigenvalue weighted by Gasteiger charge is 2.14. The topological polar surface area (TPSA) is 34.1 Å². The number of Topliss-reactive ketones (excluding diaryl/α,β-unsaturated/α-hetero) is 2. The largest absolute Gasteiger partial charge is 0.290 e. The number of rotatable bonds is 6. The Labute approximate surface area is 113 Å². The van der Waals surface area contributed by atoms with Crippen LogP contribution in [-0.4, -0.2) is 11.6 Å². The van der Waals surface area contributed by atoms with Crippen LogP contribution in [0.3, 0.4) is 0 Å². The van der Waals surface area contributed by atoms with E-state index in [1.807, 2.05) is 36.4 Å². The van der Waals surface area contributed by atoms with Crippen LogP contribution in [0.5, 0.6) is 0 Å².